The van der Waals surface area contributed by atoms with Crippen LogP contribution in [0.4, 0.5) is 0 Å². The molecular weight excluding hydrogens is 250 g/mol. The van der Waals surface area contributed by atoms with E-state index in [1.54, 1.807) is 0 Å². The van der Waals surface area contributed by atoms with Crippen LogP contribution >= 0.6 is 0 Å². The van der Waals surface area contributed by atoms with Crippen molar-refractivity contribution in [3.8, 4) is 0 Å². The molecule has 3 rings (SSSR count). The minimum atomic E-state index is 0.756. The molecule has 0 saturated carbocycles. The zero-order chi connectivity index (χ0) is 13.9. The van der Waals surface area contributed by atoms with E-state index >= 15 is 0 Å². The predicted octanol–water partition coefficient (Wildman–Crippen LogP) is 2.52. The molecule has 0 N–H and O–H groups in total. The predicted molar refractivity (Wildman–Crippen MR) is 81.2 cm³/mol. The number of aromatic nitrogens is 1. The minimum Gasteiger partial charge on any atom is -0.378 e. The number of aryl methyl sites for hydroxylation is 1. The highest BCUT2D eigenvalue weighted by molar-refractivity contribution is 5.99. The second kappa shape index (κ2) is 5.59. The molecule has 104 valence electrons. The summed E-state index contributed by atoms with van der Waals surface area (Å²) >= 11 is 0. The van der Waals surface area contributed by atoms with Crippen molar-refractivity contribution in [1.29, 1.82) is 0 Å². The Morgan fingerprint density at radius 2 is 1.95 bits per heavy atom. The number of benzene rings is 1. The Morgan fingerprint density at radius 1 is 1.20 bits per heavy atom. The molecule has 0 spiro atoms. The summed E-state index contributed by atoms with van der Waals surface area (Å²) in [5.74, 6) is 0. The molecule has 2 aromatic rings. The lowest BCUT2D eigenvalue weighted by Gasteiger charge is -2.23. The first kappa shape index (κ1) is 13.1. The van der Waals surface area contributed by atoms with Gasteiger partial charge in [0, 0.05) is 16.6 Å². The first-order valence-electron chi connectivity index (χ1n) is 6.98. The maximum Gasteiger partial charge on any atom is 0.0711 e. The number of nitrogens with zero attached hydrogens (tertiary/aromatic N) is 3. The van der Waals surface area contributed by atoms with Gasteiger partial charge in [0.25, 0.3) is 0 Å². The van der Waals surface area contributed by atoms with Crippen molar-refractivity contribution < 1.29 is 4.74 Å². The average molecular weight is 269 g/mol. The standard InChI is InChI=1S/C16H19N3O/c1-12-13(2)18-16-6-4-3-5-14(16)15(12)11-17-19-7-9-20-10-8-19/h3-6,11H,7-10H2,1-2H3. The molecule has 0 bridgehead atoms. The van der Waals surface area contributed by atoms with E-state index in [9.17, 15) is 0 Å². The zero-order valence-corrected chi connectivity index (χ0v) is 12.0. The lowest BCUT2D eigenvalue weighted by molar-refractivity contribution is 0.0397. The van der Waals surface area contributed by atoms with Crippen LogP contribution in [0, 0.1) is 13.8 Å². The summed E-state index contributed by atoms with van der Waals surface area (Å²) in [7, 11) is 0. The number of morpholine rings is 1. The number of rotatable bonds is 2. The molecule has 20 heavy (non-hydrogen) atoms. The molecule has 0 unspecified atom stereocenters. The van der Waals surface area contributed by atoms with Crippen molar-refractivity contribution in [1.82, 2.24) is 9.99 Å². The minimum absolute atomic E-state index is 0.756. The first-order chi connectivity index (χ1) is 9.75. The summed E-state index contributed by atoms with van der Waals surface area (Å²) in [6.07, 6.45) is 1.97. The molecule has 1 aromatic carbocycles. The summed E-state index contributed by atoms with van der Waals surface area (Å²) in [5.41, 5.74) is 4.45. The number of hydrogen-bond donors (Lipinski definition) is 0. The van der Waals surface area contributed by atoms with Crippen molar-refractivity contribution >= 4 is 17.1 Å². The maximum atomic E-state index is 5.34. The van der Waals surface area contributed by atoms with Crippen LogP contribution in [0.25, 0.3) is 10.9 Å². The van der Waals surface area contributed by atoms with Crippen LogP contribution in [-0.2, 0) is 4.74 Å². The van der Waals surface area contributed by atoms with Gasteiger partial charge in [0.05, 0.1) is 38.0 Å². The van der Waals surface area contributed by atoms with Gasteiger partial charge in [-0.1, -0.05) is 18.2 Å². The largest absolute Gasteiger partial charge is 0.378 e. The highest BCUT2D eigenvalue weighted by Gasteiger charge is 2.09. The monoisotopic (exact) mass is 269 g/mol. The molecule has 0 amide bonds. The van der Waals surface area contributed by atoms with Gasteiger partial charge in [0.2, 0.25) is 0 Å². The SMILES string of the molecule is Cc1nc2ccccc2c(C=NN2CCOCC2)c1C. The maximum absolute atomic E-state index is 5.34. The van der Waals surface area contributed by atoms with Crippen LogP contribution < -0.4 is 0 Å². The van der Waals surface area contributed by atoms with Gasteiger partial charge in [-0.05, 0) is 25.5 Å². The summed E-state index contributed by atoms with van der Waals surface area (Å²) in [5, 5.41) is 7.83. The molecule has 1 aliphatic heterocycles. The van der Waals surface area contributed by atoms with E-state index in [2.05, 4.69) is 28.1 Å². The van der Waals surface area contributed by atoms with Gasteiger partial charge in [-0.15, -0.1) is 0 Å². The van der Waals surface area contributed by atoms with Gasteiger partial charge in [-0.3, -0.25) is 9.99 Å². The van der Waals surface area contributed by atoms with E-state index < -0.39 is 0 Å². The Kier molecular flexibility index (Phi) is 3.65. The molecule has 0 atom stereocenters. The van der Waals surface area contributed by atoms with E-state index in [4.69, 9.17) is 4.74 Å². The van der Waals surface area contributed by atoms with Gasteiger partial charge in [0.1, 0.15) is 0 Å². The topological polar surface area (TPSA) is 37.7 Å². The lowest BCUT2D eigenvalue weighted by Crippen LogP contribution is -2.32. The number of para-hydroxylation sites is 1. The highest BCUT2D eigenvalue weighted by Crippen LogP contribution is 2.21. The zero-order valence-electron chi connectivity index (χ0n) is 12.0. The van der Waals surface area contributed by atoms with Crippen LogP contribution in [0.5, 0.6) is 0 Å². The Bertz CT molecular complexity index is 645. The smallest absolute Gasteiger partial charge is 0.0711 e. The highest BCUT2D eigenvalue weighted by atomic mass is 16.5. The average Bonchev–Trinajstić information content (AvgIpc) is 2.49. The second-order valence-corrected chi connectivity index (χ2v) is 5.06. The van der Waals surface area contributed by atoms with Crippen LogP contribution in [-0.4, -0.2) is 42.5 Å². The van der Waals surface area contributed by atoms with Crippen molar-refractivity contribution in [2.45, 2.75) is 13.8 Å². The molecule has 0 radical (unpaired) electrons. The van der Waals surface area contributed by atoms with Gasteiger partial charge < -0.3 is 4.74 Å². The summed E-state index contributed by atoms with van der Waals surface area (Å²) in [4.78, 5) is 4.64. The molecule has 4 heteroatoms. The van der Waals surface area contributed by atoms with Crippen molar-refractivity contribution in [3.05, 3.63) is 41.1 Å². The van der Waals surface area contributed by atoms with Crippen LogP contribution in [0.1, 0.15) is 16.8 Å². The van der Waals surface area contributed by atoms with E-state index in [1.807, 2.05) is 31.3 Å². The second-order valence-electron chi connectivity index (χ2n) is 5.06. The third-order valence-corrected chi connectivity index (χ3v) is 3.77. The van der Waals surface area contributed by atoms with E-state index in [-0.39, 0.29) is 0 Å². The Labute approximate surface area is 119 Å². The Balaban J connectivity index is 2.01. The number of ether oxygens (including phenoxy) is 1. The van der Waals surface area contributed by atoms with E-state index in [0.717, 1.165) is 42.9 Å². The first-order valence-corrected chi connectivity index (χ1v) is 6.98. The molecule has 1 aliphatic rings. The summed E-state index contributed by atoms with van der Waals surface area (Å²) in [6, 6.07) is 8.22. The summed E-state index contributed by atoms with van der Waals surface area (Å²) in [6.45, 7) is 7.39. The molecular formula is C16H19N3O. The molecule has 1 aromatic heterocycles. The van der Waals surface area contributed by atoms with Crippen LogP contribution in [0.3, 0.4) is 0 Å². The fraction of sp³-hybridized carbons (Fsp3) is 0.375. The van der Waals surface area contributed by atoms with E-state index in [0.29, 0.717) is 0 Å². The molecule has 0 aliphatic carbocycles. The van der Waals surface area contributed by atoms with Crippen molar-refractivity contribution in [3.63, 3.8) is 0 Å². The number of hydrogen-bond acceptors (Lipinski definition) is 4. The number of hydrazone groups is 1. The third kappa shape index (κ3) is 2.51. The van der Waals surface area contributed by atoms with Crippen LogP contribution in [0.2, 0.25) is 0 Å². The molecule has 4 nitrogen and oxygen atoms in total. The van der Waals surface area contributed by atoms with E-state index in [1.165, 1.54) is 11.1 Å². The molecule has 1 saturated heterocycles. The van der Waals surface area contributed by atoms with Crippen molar-refractivity contribution in [2.24, 2.45) is 5.10 Å². The Morgan fingerprint density at radius 3 is 2.75 bits per heavy atom. The van der Waals surface area contributed by atoms with Gasteiger partial charge >= 0.3 is 0 Å². The quantitative estimate of drug-likeness (QED) is 0.786. The number of fused-ring (bicyclic) bond motifs is 1. The fourth-order valence-corrected chi connectivity index (χ4v) is 2.44. The van der Waals surface area contributed by atoms with Gasteiger partial charge in [-0.2, -0.15) is 5.10 Å². The third-order valence-electron chi connectivity index (χ3n) is 3.77. The molecule has 1 fully saturated rings. The fourth-order valence-electron chi connectivity index (χ4n) is 2.44. The summed E-state index contributed by atoms with van der Waals surface area (Å²) < 4.78 is 5.34. The number of pyridine rings is 1. The normalized spacial score (nSPS) is 16.2. The lowest BCUT2D eigenvalue weighted by atomic mass is 10.0. The van der Waals surface area contributed by atoms with Gasteiger partial charge in [-0.25, -0.2) is 0 Å². The van der Waals surface area contributed by atoms with Crippen LogP contribution in [0.15, 0.2) is 29.4 Å². The van der Waals surface area contributed by atoms with Crippen molar-refractivity contribution in [2.75, 3.05) is 26.3 Å². The van der Waals surface area contributed by atoms with Gasteiger partial charge in [0.15, 0.2) is 0 Å². The molecule has 2 heterocycles. The Hall–Kier alpha value is -1.94.